The SMILES string of the molecule is CCCCn1c(-c2ccccc2)nc(-c2ccccc2)c1CN(Cc1ccc(CO)cc1)Cc1ccc(N(C)C)cc1. The number of aliphatic hydroxyl groups is 1. The molecule has 0 amide bonds. The quantitative estimate of drug-likeness (QED) is 0.160. The van der Waals surface area contributed by atoms with Crippen molar-refractivity contribution in [2.24, 2.45) is 0 Å². The van der Waals surface area contributed by atoms with Gasteiger partial charge >= 0.3 is 0 Å². The second kappa shape index (κ2) is 14.1. The molecule has 1 aromatic heterocycles. The predicted octanol–water partition coefficient (Wildman–Crippen LogP) is 7.78. The largest absolute Gasteiger partial charge is 0.392 e. The van der Waals surface area contributed by atoms with Crippen LogP contribution in [-0.2, 0) is 32.8 Å². The first kappa shape index (κ1) is 29.3. The molecule has 0 saturated carbocycles. The van der Waals surface area contributed by atoms with Gasteiger partial charge in [0.15, 0.2) is 0 Å². The molecule has 42 heavy (non-hydrogen) atoms. The van der Waals surface area contributed by atoms with Crippen molar-refractivity contribution in [1.29, 1.82) is 0 Å². The van der Waals surface area contributed by atoms with Crippen LogP contribution in [0.15, 0.2) is 109 Å². The van der Waals surface area contributed by atoms with Crippen molar-refractivity contribution in [2.45, 2.75) is 52.6 Å². The number of hydrogen-bond acceptors (Lipinski definition) is 4. The molecule has 0 unspecified atom stereocenters. The van der Waals surface area contributed by atoms with Crippen molar-refractivity contribution in [2.75, 3.05) is 19.0 Å². The standard InChI is InChI=1S/C37H42N4O/c1-4-5-24-41-35(36(32-12-8-6-9-13-32)38-37(41)33-14-10-7-11-15-33)27-40(25-29-16-18-31(28-42)19-17-29)26-30-20-22-34(23-21-30)39(2)3/h6-23,42H,4-5,24-28H2,1-3H3. The number of anilines is 1. The summed E-state index contributed by atoms with van der Waals surface area (Å²) in [6.45, 7) is 5.58. The summed E-state index contributed by atoms with van der Waals surface area (Å²) in [5.41, 5.74) is 9.20. The highest BCUT2D eigenvalue weighted by Gasteiger charge is 2.22. The summed E-state index contributed by atoms with van der Waals surface area (Å²) >= 11 is 0. The van der Waals surface area contributed by atoms with Crippen LogP contribution in [0.25, 0.3) is 22.6 Å². The number of aromatic nitrogens is 2. The highest BCUT2D eigenvalue weighted by atomic mass is 16.3. The summed E-state index contributed by atoms with van der Waals surface area (Å²) in [6.07, 6.45) is 2.21. The van der Waals surface area contributed by atoms with Gasteiger partial charge in [-0.15, -0.1) is 0 Å². The van der Waals surface area contributed by atoms with E-state index in [9.17, 15) is 5.11 Å². The van der Waals surface area contributed by atoms with Crippen molar-refractivity contribution >= 4 is 5.69 Å². The first-order valence-electron chi connectivity index (χ1n) is 14.9. The summed E-state index contributed by atoms with van der Waals surface area (Å²) < 4.78 is 2.46. The number of rotatable bonds is 13. The van der Waals surface area contributed by atoms with Gasteiger partial charge in [0.05, 0.1) is 18.0 Å². The summed E-state index contributed by atoms with van der Waals surface area (Å²) in [5, 5.41) is 9.57. The van der Waals surface area contributed by atoms with E-state index in [4.69, 9.17) is 4.98 Å². The number of benzene rings is 4. The second-order valence-electron chi connectivity index (χ2n) is 11.1. The minimum absolute atomic E-state index is 0.0571. The van der Waals surface area contributed by atoms with E-state index < -0.39 is 0 Å². The van der Waals surface area contributed by atoms with Crippen molar-refractivity contribution in [3.63, 3.8) is 0 Å². The predicted molar refractivity (Wildman–Crippen MR) is 174 cm³/mol. The fourth-order valence-electron chi connectivity index (χ4n) is 5.38. The molecule has 4 aromatic carbocycles. The van der Waals surface area contributed by atoms with Gasteiger partial charge in [-0.05, 0) is 35.2 Å². The molecular formula is C37H42N4O. The van der Waals surface area contributed by atoms with Gasteiger partial charge in [0, 0.05) is 57.1 Å². The lowest BCUT2D eigenvalue weighted by Crippen LogP contribution is -2.24. The first-order chi connectivity index (χ1) is 20.6. The minimum atomic E-state index is 0.0571. The third-order valence-corrected chi connectivity index (χ3v) is 7.73. The molecule has 0 aliphatic carbocycles. The Bertz CT molecular complexity index is 1530. The van der Waals surface area contributed by atoms with Gasteiger partial charge in [-0.3, -0.25) is 4.90 Å². The second-order valence-corrected chi connectivity index (χ2v) is 11.1. The Morgan fingerprint density at radius 2 is 1.21 bits per heavy atom. The molecule has 5 aromatic rings. The van der Waals surface area contributed by atoms with Crippen LogP contribution in [-0.4, -0.2) is 33.7 Å². The Balaban J connectivity index is 1.58. The van der Waals surface area contributed by atoms with Crippen molar-refractivity contribution < 1.29 is 5.11 Å². The Labute approximate surface area is 250 Å². The van der Waals surface area contributed by atoms with Gasteiger partial charge in [0.25, 0.3) is 0 Å². The molecule has 5 rings (SSSR count). The van der Waals surface area contributed by atoms with E-state index in [1.807, 2.05) is 12.1 Å². The fraction of sp³-hybridized carbons (Fsp3) is 0.270. The number of aliphatic hydroxyl groups excluding tert-OH is 1. The van der Waals surface area contributed by atoms with Crippen molar-refractivity contribution in [1.82, 2.24) is 14.5 Å². The van der Waals surface area contributed by atoms with E-state index >= 15 is 0 Å². The van der Waals surface area contributed by atoms with Gasteiger partial charge in [-0.1, -0.05) is 110 Å². The fourth-order valence-corrected chi connectivity index (χ4v) is 5.38. The summed E-state index contributed by atoms with van der Waals surface area (Å²) in [5.74, 6) is 1.03. The molecule has 0 atom stereocenters. The first-order valence-corrected chi connectivity index (χ1v) is 14.9. The molecule has 0 aliphatic rings. The van der Waals surface area contributed by atoms with Crippen LogP contribution in [0.4, 0.5) is 5.69 Å². The Morgan fingerprint density at radius 1 is 0.667 bits per heavy atom. The average Bonchev–Trinajstić information content (AvgIpc) is 3.39. The monoisotopic (exact) mass is 558 g/mol. The van der Waals surface area contributed by atoms with Crippen LogP contribution in [0.5, 0.6) is 0 Å². The van der Waals surface area contributed by atoms with Gasteiger partial charge < -0.3 is 14.6 Å². The molecule has 216 valence electrons. The molecule has 1 heterocycles. The Kier molecular flexibility index (Phi) is 9.86. The third-order valence-electron chi connectivity index (χ3n) is 7.73. The average molecular weight is 559 g/mol. The van der Waals surface area contributed by atoms with Crippen molar-refractivity contribution in [3.05, 3.63) is 132 Å². The molecule has 0 spiro atoms. The maximum absolute atomic E-state index is 9.57. The number of hydrogen-bond donors (Lipinski definition) is 1. The molecule has 0 fully saturated rings. The molecule has 5 nitrogen and oxygen atoms in total. The summed E-state index contributed by atoms with van der Waals surface area (Å²) in [4.78, 5) is 9.97. The van der Waals surface area contributed by atoms with Crippen LogP contribution >= 0.6 is 0 Å². The Morgan fingerprint density at radius 3 is 1.76 bits per heavy atom. The Hall–Kier alpha value is -4.19. The number of unbranched alkanes of at least 4 members (excludes halogenated alkanes) is 1. The highest BCUT2D eigenvalue weighted by molar-refractivity contribution is 5.68. The van der Waals surface area contributed by atoms with E-state index in [2.05, 4.69) is 132 Å². The summed E-state index contributed by atoms with van der Waals surface area (Å²) in [7, 11) is 4.15. The molecule has 0 saturated heterocycles. The van der Waals surface area contributed by atoms with Gasteiger partial charge in [-0.25, -0.2) is 4.98 Å². The molecule has 5 heteroatoms. The lowest BCUT2D eigenvalue weighted by atomic mass is 10.1. The van der Waals surface area contributed by atoms with Gasteiger partial charge in [0.1, 0.15) is 5.82 Å². The van der Waals surface area contributed by atoms with Crippen LogP contribution in [0.2, 0.25) is 0 Å². The lowest BCUT2D eigenvalue weighted by molar-refractivity contribution is 0.241. The van der Waals surface area contributed by atoms with Gasteiger partial charge in [-0.2, -0.15) is 0 Å². The zero-order chi connectivity index (χ0) is 29.3. The zero-order valence-corrected chi connectivity index (χ0v) is 25.1. The van der Waals surface area contributed by atoms with E-state index in [1.165, 1.54) is 22.5 Å². The number of imidazole rings is 1. The van der Waals surface area contributed by atoms with E-state index in [0.29, 0.717) is 0 Å². The van der Waals surface area contributed by atoms with Crippen LogP contribution in [0.3, 0.4) is 0 Å². The normalized spacial score (nSPS) is 11.3. The van der Waals surface area contributed by atoms with E-state index in [1.54, 1.807) is 0 Å². The van der Waals surface area contributed by atoms with Crippen LogP contribution < -0.4 is 4.90 Å². The third kappa shape index (κ3) is 7.17. The molecule has 0 aliphatic heterocycles. The van der Waals surface area contributed by atoms with Gasteiger partial charge in [0.2, 0.25) is 0 Å². The number of nitrogens with zero attached hydrogens (tertiary/aromatic N) is 4. The van der Waals surface area contributed by atoms with Crippen LogP contribution in [0.1, 0.15) is 42.1 Å². The maximum atomic E-state index is 9.57. The molecule has 1 N–H and O–H groups in total. The zero-order valence-electron chi connectivity index (χ0n) is 25.1. The van der Waals surface area contributed by atoms with Crippen molar-refractivity contribution in [3.8, 4) is 22.6 Å². The van der Waals surface area contributed by atoms with Crippen LogP contribution in [0, 0.1) is 0 Å². The topological polar surface area (TPSA) is 44.5 Å². The molecule has 0 radical (unpaired) electrons. The smallest absolute Gasteiger partial charge is 0.140 e. The molecular weight excluding hydrogens is 516 g/mol. The maximum Gasteiger partial charge on any atom is 0.140 e. The summed E-state index contributed by atoms with van der Waals surface area (Å²) in [6, 6.07) is 38.3. The molecule has 0 bridgehead atoms. The lowest BCUT2D eigenvalue weighted by Gasteiger charge is -2.25. The minimum Gasteiger partial charge on any atom is -0.392 e. The van der Waals surface area contributed by atoms with E-state index in [0.717, 1.165) is 67.2 Å². The van der Waals surface area contributed by atoms with E-state index in [-0.39, 0.29) is 6.61 Å². The highest BCUT2D eigenvalue weighted by Crippen LogP contribution is 2.32.